The molecule has 0 spiro atoms. The van der Waals surface area contributed by atoms with Gasteiger partial charge in [0, 0.05) is 0 Å². The van der Waals surface area contributed by atoms with E-state index in [9.17, 15) is 4.79 Å². The molecule has 50 valence electrons. The normalized spacial score (nSPS) is 10.4. The van der Waals surface area contributed by atoms with Gasteiger partial charge in [-0.05, 0) is 0 Å². The van der Waals surface area contributed by atoms with Crippen LogP contribution in [-0.2, 0) is 0 Å². The van der Waals surface area contributed by atoms with Gasteiger partial charge in [-0.25, -0.2) is 4.79 Å². The minimum atomic E-state index is -0.416. The molecule has 0 aromatic carbocycles. The molecular weight excluding hydrogens is 134 g/mol. The number of fused-ring (bicyclic) bond motifs is 1. The molecule has 2 aromatic rings. The Kier molecular flexibility index (Phi) is 0.830. The van der Waals surface area contributed by atoms with Crippen molar-refractivity contribution in [2.24, 2.45) is 0 Å². The van der Waals surface area contributed by atoms with Crippen molar-refractivity contribution in [3.05, 3.63) is 23.1 Å². The minimum Gasteiger partial charge on any atom is -0.274 e. The number of nitrogens with zero attached hydrogens (tertiary/aromatic N) is 4. The SMILES string of the molecule is O=c1ncn2ncnc2[nH]1. The van der Waals surface area contributed by atoms with E-state index in [1.807, 2.05) is 0 Å². The average Bonchev–Trinajstić information content (AvgIpc) is 2.33. The van der Waals surface area contributed by atoms with Crippen LogP contribution in [0.5, 0.6) is 0 Å². The van der Waals surface area contributed by atoms with Crippen molar-refractivity contribution in [2.75, 3.05) is 0 Å². The van der Waals surface area contributed by atoms with Crippen LogP contribution in [0.25, 0.3) is 5.78 Å². The van der Waals surface area contributed by atoms with E-state index in [2.05, 4.69) is 20.1 Å². The molecule has 0 radical (unpaired) electrons. The van der Waals surface area contributed by atoms with Crippen molar-refractivity contribution in [1.82, 2.24) is 24.6 Å². The maximum absolute atomic E-state index is 10.5. The molecular formula is C4H3N5O. The fraction of sp³-hybridized carbons (Fsp3) is 0. The molecule has 0 atom stereocenters. The van der Waals surface area contributed by atoms with Gasteiger partial charge in [-0.2, -0.15) is 19.6 Å². The van der Waals surface area contributed by atoms with Crippen LogP contribution in [0.15, 0.2) is 17.4 Å². The molecule has 6 heteroatoms. The molecule has 0 aliphatic rings. The Balaban J connectivity index is 2.99. The lowest BCUT2D eigenvalue weighted by atomic mass is 11.0. The fourth-order valence-electron chi connectivity index (χ4n) is 0.659. The van der Waals surface area contributed by atoms with Crippen molar-refractivity contribution >= 4 is 5.78 Å². The Labute approximate surface area is 54.6 Å². The lowest BCUT2D eigenvalue weighted by Gasteiger charge is -1.84. The number of aromatic nitrogens is 5. The number of rotatable bonds is 0. The molecule has 0 unspecified atom stereocenters. The van der Waals surface area contributed by atoms with Crippen LogP contribution in [0.1, 0.15) is 0 Å². The molecule has 0 bridgehead atoms. The second-order valence-electron chi connectivity index (χ2n) is 1.70. The summed E-state index contributed by atoms with van der Waals surface area (Å²) in [6.07, 6.45) is 2.65. The van der Waals surface area contributed by atoms with Gasteiger partial charge in [0.05, 0.1) is 0 Å². The summed E-state index contributed by atoms with van der Waals surface area (Å²) < 4.78 is 1.38. The van der Waals surface area contributed by atoms with E-state index in [1.165, 1.54) is 17.2 Å². The summed E-state index contributed by atoms with van der Waals surface area (Å²) in [6.45, 7) is 0. The standard InChI is InChI=1S/C4H3N5O/c10-4-6-2-9-3(8-4)5-1-7-9/h1-2H,(H,5,7,8,10). The van der Waals surface area contributed by atoms with Gasteiger partial charge in [0.15, 0.2) is 0 Å². The Morgan fingerprint density at radius 1 is 1.50 bits per heavy atom. The molecule has 0 fully saturated rings. The highest BCUT2D eigenvalue weighted by Crippen LogP contribution is 1.82. The summed E-state index contributed by atoms with van der Waals surface area (Å²) in [5.74, 6) is 0.403. The summed E-state index contributed by atoms with van der Waals surface area (Å²) in [4.78, 5) is 20.1. The number of H-pyrrole nitrogens is 1. The largest absolute Gasteiger partial charge is 0.349 e. The second kappa shape index (κ2) is 1.63. The first-order valence-corrected chi connectivity index (χ1v) is 2.61. The highest BCUT2D eigenvalue weighted by Gasteiger charge is 1.92. The third-order valence-electron chi connectivity index (χ3n) is 1.08. The van der Waals surface area contributed by atoms with E-state index in [4.69, 9.17) is 0 Å². The predicted molar refractivity (Wildman–Crippen MR) is 31.4 cm³/mol. The number of hydrogen-bond acceptors (Lipinski definition) is 4. The third-order valence-corrected chi connectivity index (χ3v) is 1.08. The zero-order valence-corrected chi connectivity index (χ0v) is 4.85. The fourth-order valence-corrected chi connectivity index (χ4v) is 0.659. The Bertz CT molecular complexity index is 401. The summed E-state index contributed by atoms with van der Waals surface area (Å²) in [7, 11) is 0. The second-order valence-corrected chi connectivity index (χ2v) is 1.70. The first kappa shape index (κ1) is 5.10. The highest BCUT2D eigenvalue weighted by atomic mass is 16.1. The van der Waals surface area contributed by atoms with Gasteiger partial charge in [-0.15, -0.1) is 0 Å². The van der Waals surface area contributed by atoms with Gasteiger partial charge in [0.1, 0.15) is 12.7 Å². The first-order chi connectivity index (χ1) is 4.86. The van der Waals surface area contributed by atoms with Gasteiger partial charge in [0.25, 0.3) is 0 Å². The lowest BCUT2D eigenvalue weighted by molar-refractivity contribution is 0.869. The van der Waals surface area contributed by atoms with Crippen LogP contribution < -0.4 is 5.69 Å². The molecule has 2 heterocycles. The molecule has 6 nitrogen and oxygen atoms in total. The Morgan fingerprint density at radius 3 is 3.30 bits per heavy atom. The van der Waals surface area contributed by atoms with E-state index in [1.54, 1.807) is 0 Å². The predicted octanol–water partition coefficient (Wildman–Crippen LogP) is -1.19. The summed E-state index contributed by atoms with van der Waals surface area (Å²) >= 11 is 0. The van der Waals surface area contributed by atoms with Gasteiger partial charge < -0.3 is 0 Å². The summed E-state index contributed by atoms with van der Waals surface area (Å²) in [5.41, 5.74) is -0.416. The quantitative estimate of drug-likeness (QED) is 0.495. The van der Waals surface area contributed by atoms with Crippen LogP contribution in [0.3, 0.4) is 0 Å². The van der Waals surface area contributed by atoms with Crippen molar-refractivity contribution in [1.29, 1.82) is 0 Å². The first-order valence-electron chi connectivity index (χ1n) is 2.61. The van der Waals surface area contributed by atoms with Crippen LogP contribution in [0.2, 0.25) is 0 Å². The van der Waals surface area contributed by atoms with E-state index >= 15 is 0 Å². The topological polar surface area (TPSA) is 75.9 Å². The van der Waals surface area contributed by atoms with Crippen LogP contribution in [0.4, 0.5) is 0 Å². The lowest BCUT2D eigenvalue weighted by Crippen LogP contribution is -2.11. The van der Waals surface area contributed by atoms with E-state index in [-0.39, 0.29) is 0 Å². The number of nitrogens with one attached hydrogen (secondary N) is 1. The van der Waals surface area contributed by atoms with Crippen molar-refractivity contribution in [2.45, 2.75) is 0 Å². The molecule has 1 N–H and O–H groups in total. The molecule has 2 rings (SSSR count). The van der Waals surface area contributed by atoms with Gasteiger partial charge in [0.2, 0.25) is 5.78 Å². The zero-order chi connectivity index (χ0) is 6.97. The number of hydrogen-bond donors (Lipinski definition) is 1. The molecule has 2 aromatic heterocycles. The zero-order valence-electron chi connectivity index (χ0n) is 4.85. The average molecular weight is 137 g/mol. The van der Waals surface area contributed by atoms with Gasteiger partial charge in [-0.1, -0.05) is 0 Å². The van der Waals surface area contributed by atoms with E-state index in [0.29, 0.717) is 5.78 Å². The third kappa shape index (κ3) is 0.586. The van der Waals surface area contributed by atoms with Gasteiger partial charge >= 0.3 is 5.69 Å². The summed E-state index contributed by atoms with van der Waals surface area (Å²) in [6, 6.07) is 0. The Morgan fingerprint density at radius 2 is 2.40 bits per heavy atom. The molecule has 0 aliphatic carbocycles. The highest BCUT2D eigenvalue weighted by molar-refractivity contribution is 5.20. The van der Waals surface area contributed by atoms with E-state index in [0.717, 1.165) is 0 Å². The molecule has 0 saturated carbocycles. The van der Waals surface area contributed by atoms with Crippen molar-refractivity contribution in [3.63, 3.8) is 0 Å². The van der Waals surface area contributed by atoms with Crippen LogP contribution >= 0.6 is 0 Å². The van der Waals surface area contributed by atoms with Crippen molar-refractivity contribution < 1.29 is 0 Å². The molecule has 0 aliphatic heterocycles. The van der Waals surface area contributed by atoms with Crippen molar-refractivity contribution in [3.8, 4) is 0 Å². The maximum Gasteiger partial charge on any atom is 0.349 e. The number of aromatic amines is 1. The summed E-state index contributed by atoms with van der Waals surface area (Å²) in [5, 5.41) is 3.73. The van der Waals surface area contributed by atoms with Crippen LogP contribution in [0, 0.1) is 0 Å². The van der Waals surface area contributed by atoms with E-state index < -0.39 is 5.69 Å². The maximum atomic E-state index is 10.5. The molecule has 0 amide bonds. The molecule has 0 saturated heterocycles. The van der Waals surface area contributed by atoms with Gasteiger partial charge in [-0.3, -0.25) is 4.98 Å². The molecule has 10 heavy (non-hydrogen) atoms. The Hall–Kier alpha value is -1.72. The minimum absolute atomic E-state index is 0.403. The smallest absolute Gasteiger partial charge is 0.274 e. The monoisotopic (exact) mass is 137 g/mol. The van der Waals surface area contributed by atoms with Crippen LogP contribution in [-0.4, -0.2) is 24.6 Å².